The Morgan fingerprint density at radius 3 is 2.71 bits per heavy atom. The van der Waals surface area contributed by atoms with E-state index in [9.17, 15) is 18.0 Å². The molecule has 0 radical (unpaired) electrons. The van der Waals surface area contributed by atoms with E-state index in [0.29, 0.717) is 17.7 Å². The lowest BCUT2D eigenvalue weighted by Crippen LogP contribution is -2.09. The number of nitrogens with zero attached hydrogens (tertiary/aromatic N) is 1. The van der Waals surface area contributed by atoms with Gasteiger partial charge >= 0.3 is 12.1 Å². The lowest BCUT2D eigenvalue weighted by molar-refractivity contribution is -0.137. The maximum absolute atomic E-state index is 13.1. The van der Waals surface area contributed by atoms with E-state index in [-0.39, 0.29) is 0 Å². The number of ether oxygens (including phenoxy) is 1. The van der Waals surface area contributed by atoms with Gasteiger partial charge in [-0.1, -0.05) is 30.4 Å². The number of halogens is 3. The second-order valence-electron chi connectivity index (χ2n) is 6.78. The van der Waals surface area contributed by atoms with Gasteiger partial charge in [0.25, 0.3) is 0 Å². The molecule has 1 aliphatic rings. The summed E-state index contributed by atoms with van der Waals surface area (Å²) in [6.45, 7) is 0.300. The second kappa shape index (κ2) is 6.86. The molecule has 0 amide bonds. The number of methoxy groups -OCH3 is 1. The van der Waals surface area contributed by atoms with Crippen LogP contribution in [0.25, 0.3) is 17.0 Å². The summed E-state index contributed by atoms with van der Waals surface area (Å²) < 4.78 is 46.2. The fraction of sp³-hybridized carbons (Fsp3) is 0.227. The van der Waals surface area contributed by atoms with Gasteiger partial charge in [0, 0.05) is 23.2 Å². The zero-order chi connectivity index (χ0) is 19.9. The van der Waals surface area contributed by atoms with Crippen molar-refractivity contribution >= 4 is 22.9 Å². The van der Waals surface area contributed by atoms with E-state index < -0.39 is 17.7 Å². The van der Waals surface area contributed by atoms with Crippen LogP contribution in [-0.4, -0.2) is 17.6 Å². The highest BCUT2D eigenvalue weighted by molar-refractivity contribution is 6.08. The van der Waals surface area contributed by atoms with Gasteiger partial charge < -0.3 is 9.30 Å². The largest absolute Gasteiger partial charge is 0.465 e. The maximum atomic E-state index is 13.1. The molecule has 1 aromatic heterocycles. The molecule has 0 fully saturated rings. The SMILES string of the molecule is COC(=O)c1cccc2c1c1c(n2Cc2cccc(C(F)(F)F)c2)CCC=C1. The van der Waals surface area contributed by atoms with Crippen LogP contribution in [0.3, 0.4) is 0 Å². The first-order valence-corrected chi connectivity index (χ1v) is 8.95. The van der Waals surface area contributed by atoms with E-state index in [1.54, 1.807) is 18.2 Å². The summed E-state index contributed by atoms with van der Waals surface area (Å²) in [7, 11) is 1.34. The van der Waals surface area contributed by atoms with Gasteiger partial charge in [-0.3, -0.25) is 0 Å². The lowest BCUT2D eigenvalue weighted by Gasteiger charge is -2.14. The molecule has 0 bridgehead atoms. The second-order valence-corrected chi connectivity index (χ2v) is 6.78. The highest BCUT2D eigenvalue weighted by Crippen LogP contribution is 2.35. The number of carbonyl (C=O) groups is 1. The number of hydrogen-bond donors (Lipinski definition) is 0. The number of aromatic nitrogens is 1. The van der Waals surface area contributed by atoms with E-state index in [2.05, 4.69) is 0 Å². The number of esters is 1. The number of rotatable bonds is 3. The van der Waals surface area contributed by atoms with Gasteiger partial charge in [0.15, 0.2) is 0 Å². The quantitative estimate of drug-likeness (QED) is 0.561. The third kappa shape index (κ3) is 3.09. The number of fused-ring (bicyclic) bond motifs is 3. The van der Waals surface area contributed by atoms with Crippen LogP contribution in [0.15, 0.2) is 48.5 Å². The number of carbonyl (C=O) groups excluding carboxylic acids is 1. The highest BCUT2D eigenvalue weighted by atomic mass is 19.4. The van der Waals surface area contributed by atoms with E-state index in [0.717, 1.165) is 41.1 Å². The molecule has 1 heterocycles. The van der Waals surface area contributed by atoms with Crippen LogP contribution in [0.1, 0.15) is 39.2 Å². The molecule has 6 heteroatoms. The molecule has 3 nitrogen and oxygen atoms in total. The molecule has 0 saturated carbocycles. The van der Waals surface area contributed by atoms with Crippen LogP contribution in [-0.2, 0) is 23.9 Å². The van der Waals surface area contributed by atoms with Crippen LogP contribution in [0.5, 0.6) is 0 Å². The van der Waals surface area contributed by atoms with Crippen molar-refractivity contribution in [3.8, 4) is 0 Å². The maximum Gasteiger partial charge on any atom is 0.416 e. The van der Waals surface area contributed by atoms with E-state index in [1.165, 1.54) is 19.2 Å². The van der Waals surface area contributed by atoms with Gasteiger partial charge in [-0.25, -0.2) is 4.79 Å². The van der Waals surface area contributed by atoms with Crippen LogP contribution >= 0.6 is 0 Å². The summed E-state index contributed by atoms with van der Waals surface area (Å²) in [6.07, 6.45) is 1.26. The molecular weight excluding hydrogens is 367 g/mol. The van der Waals surface area contributed by atoms with Crippen molar-refractivity contribution in [1.29, 1.82) is 0 Å². The predicted octanol–water partition coefficient (Wildman–Crippen LogP) is 5.45. The average molecular weight is 385 g/mol. The Morgan fingerprint density at radius 2 is 1.96 bits per heavy atom. The topological polar surface area (TPSA) is 31.2 Å². The molecule has 0 N–H and O–H groups in total. The Labute approximate surface area is 160 Å². The summed E-state index contributed by atoms with van der Waals surface area (Å²) in [5.41, 5.74) is 3.14. The van der Waals surface area contributed by atoms with Crippen molar-refractivity contribution in [2.45, 2.75) is 25.6 Å². The molecule has 0 aliphatic heterocycles. The van der Waals surface area contributed by atoms with Gasteiger partial charge in [-0.15, -0.1) is 0 Å². The molecule has 0 spiro atoms. The zero-order valence-electron chi connectivity index (χ0n) is 15.2. The molecule has 2 aromatic carbocycles. The summed E-state index contributed by atoms with van der Waals surface area (Å²) >= 11 is 0. The summed E-state index contributed by atoms with van der Waals surface area (Å²) in [5, 5.41) is 0.785. The number of benzene rings is 2. The monoisotopic (exact) mass is 385 g/mol. The summed E-state index contributed by atoms with van der Waals surface area (Å²) in [4.78, 5) is 12.3. The fourth-order valence-corrected chi connectivity index (χ4v) is 3.84. The van der Waals surface area contributed by atoms with Crippen molar-refractivity contribution in [2.24, 2.45) is 0 Å². The number of allylic oxidation sites excluding steroid dienone is 1. The Morgan fingerprint density at radius 1 is 1.18 bits per heavy atom. The normalized spacial score (nSPS) is 13.6. The Kier molecular flexibility index (Phi) is 4.49. The average Bonchev–Trinajstić information content (AvgIpc) is 3.01. The van der Waals surface area contributed by atoms with Gasteiger partial charge in [-0.05, 0) is 42.7 Å². The van der Waals surface area contributed by atoms with Crippen molar-refractivity contribution in [3.63, 3.8) is 0 Å². The minimum Gasteiger partial charge on any atom is -0.465 e. The van der Waals surface area contributed by atoms with Crippen LogP contribution < -0.4 is 0 Å². The number of hydrogen-bond acceptors (Lipinski definition) is 2. The molecule has 4 rings (SSSR count). The van der Waals surface area contributed by atoms with Crippen molar-refractivity contribution < 1.29 is 22.7 Å². The zero-order valence-corrected chi connectivity index (χ0v) is 15.2. The first-order valence-electron chi connectivity index (χ1n) is 8.95. The Hall–Kier alpha value is -3.02. The van der Waals surface area contributed by atoms with Crippen LogP contribution in [0, 0.1) is 0 Å². The molecular formula is C22H18F3NO2. The van der Waals surface area contributed by atoms with Crippen molar-refractivity contribution in [2.75, 3.05) is 7.11 Å². The third-order valence-electron chi connectivity index (χ3n) is 5.07. The smallest absolute Gasteiger partial charge is 0.416 e. The third-order valence-corrected chi connectivity index (χ3v) is 5.07. The van der Waals surface area contributed by atoms with Crippen LogP contribution in [0.2, 0.25) is 0 Å². The van der Waals surface area contributed by atoms with Crippen molar-refractivity contribution in [3.05, 3.63) is 76.5 Å². The van der Waals surface area contributed by atoms with Crippen molar-refractivity contribution in [1.82, 2.24) is 4.57 Å². The molecule has 28 heavy (non-hydrogen) atoms. The highest BCUT2D eigenvalue weighted by Gasteiger charge is 2.30. The molecule has 0 atom stereocenters. The van der Waals surface area contributed by atoms with E-state index in [4.69, 9.17) is 4.74 Å². The minimum atomic E-state index is -4.38. The standard InChI is InChI=1S/C22H18F3NO2/c1-28-21(27)17-9-5-11-19-20(17)16-8-2-3-10-18(16)26(19)13-14-6-4-7-15(12-14)22(23,24)25/h2,4-9,11-12H,3,10,13H2,1H3. The van der Waals surface area contributed by atoms with E-state index >= 15 is 0 Å². The summed E-state index contributed by atoms with van der Waals surface area (Å²) in [5.74, 6) is -0.427. The van der Waals surface area contributed by atoms with Gasteiger partial charge in [0.2, 0.25) is 0 Å². The van der Waals surface area contributed by atoms with Crippen LogP contribution in [0.4, 0.5) is 13.2 Å². The molecule has 0 saturated heterocycles. The first kappa shape index (κ1) is 18.3. The fourth-order valence-electron chi connectivity index (χ4n) is 3.84. The Bertz CT molecular complexity index is 1090. The first-order chi connectivity index (χ1) is 13.4. The molecule has 1 aliphatic carbocycles. The van der Waals surface area contributed by atoms with Gasteiger partial charge in [0.05, 0.1) is 23.8 Å². The molecule has 0 unspecified atom stereocenters. The Balaban J connectivity index is 1.89. The predicted molar refractivity (Wildman–Crippen MR) is 101 cm³/mol. The van der Waals surface area contributed by atoms with E-state index in [1.807, 2.05) is 22.8 Å². The van der Waals surface area contributed by atoms with Gasteiger partial charge in [-0.2, -0.15) is 13.2 Å². The summed E-state index contributed by atoms with van der Waals surface area (Å²) in [6, 6.07) is 10.7. The minimum absolute atomic E-state index is 0.300. The number of alkyl halides is 3. The molecule has 3 aromatic rings. The lowest BCUT2D eigenvalue weighted by atomic mass is 9.99. The van der Waals surface area contributed by atoms with Gasteiger partial charge in [0.1, 0.15) is 0 Å². The molecule has 144 valence electrons.